The van der Waals surface area contributed by atoms with Crippen LogP contribution in [0.2, 0.25) is 0 Å². The zero-order chi connectivity index (χ0) is 21.3. The van der Waals surface area contributed by atoms with Gasteiger partial charge < -0.3 is 19.3 Å². The third kappa shape index (κ3) is 3.65. The summed E-state index contributed by atoms with van der Waals surface area (Å²) in [6, 6.07) is 9.77. The molecule has 0 aromatic heterocycles. The summed E-state index contributed by atoms with van der Waals surface area (Å²) in [6.45, 7) is -0.456. The third-order valence-corrected chi connectivity index (χ3v) is 4.27. The third-order valence-electron chi connectivity index (χ3n) is 4.27. The molecule has 30 heavy (non-hydrogen) atoms. The highest BCUT2D eigenvalue weighted by Gasteiger charge is 2.37. The van der Waals surface area contributed by atoms with Crippen molar-refractivity contribution in [1.82, 2.24) is 5.32 Å². The number of hydrogen-bond donors (Lipinski definition) is 2. The van der Waals surface area contributed by atoms with Crippen LogP contribution in [-0.2, 0) is 14.4 Å². The van der Waals surface area contributed by atoms with Crippen LogP contribution in [0.15, 0.2) is 48.0 Å². The Balaban J connectivity index is 1.60. The van der Waals surface area contributed by atoms with Gasteiger partial charge in [0.05, 0.1) is 5.69 Å². The van der Waals surface area contributed by atoms with Crippen molar-refractivity contribution in [3.05, 3.63) is 53.6 Å². The average Bonchev–Trinajstić information content (AvgIpc) is 3.18. The maximum atomic E-state index is 12.9. The lowest BCUT2D eigenvalue weighted by Gasteiger charge is -2.26. The first-order chi connectivity index (χ1) is 14.4. The summed E-state index contributed by atoms with van der Waals surface area (Å²) in [6.07, 6.45) is 1.32. The van der Waals surface area contributed by atoms with Gasteiger partial charge in [-0.25, -0.2) is 14.5 Å². The molecule has 0 aliphatic carbocycles. The minimum atomic E-state index is -1.11. The number of anilines is 1. The molecule has 1 fully saturated rings. The summed E-state index contributed by atoms with van der Waals surface area (Å²) in [5.74, 6) is -1.55. The van der Waals surface area contributed by atoms with Crippen molar-refractivity contribution in [2.45, 2.75) is 0 Å². The molecule has 0 saturated carbocycles. The number of carboxylic acid groups (broad SMARTS) is 1. The first-order valence-corrected chi connectivity index (χ1v) is 8.68. The predicted octanol–water partition coefficient (Wildman–Crippen LogP) is 1.55. The second kappa shape index (κ2) is 7.59. The summed E-state index contributed by atoms with van der Waals surface area (Å²) in [7, 11) is 0. The van der Waals surface area contributed by atoms with Crippen molar-refractivity contribution in [2.75, 3.05) is 18.3 Å². The average molecular weight is 410 g/mol. The molecule has 152 valence electrons. The van der Waals surface area contributed by atoms with Gasteiger partial charge in [-0.1, -0.05) is 12.1 Å². The summed E-state index contributed by atoms with van der Waals surface area (Å²) >= 11 is 0. The largest absolute Gasteiger partial charge is 0.482 e. The lowest BCUT2D eigenvalue weighted by Crippen LogP contribution is -2.54. The highest BCUT2D eigenvalue weighted by Crippen LogP contribution is 2.36. The van der Waals surface area contributed by atoms with Gasteiger partial charge in [0.25, 0.3) is 11.8 Å². The van der Waals surface area contributed by atoms with E-state index in [9.17, 15) is 19.2 Å². The quantitative estimate of drug-likeness (QED) is 0.561. The number of carboxylic acids is 1. The van der Waals surface area contributed by atoms with Gasteiger partial charge in [0.1, 0.15) is 11.3 Å². The van der Waals surface area contributed by atoms with Gasteiger partial charge in [-0.05, 0) is 35.9 Å². The van der Waals surface area contributed by atoms with Gasteiger partial charge in [-0.15, -0.1) is 0 Å². The second-order valence-electron chi connectivity index (χ2n) is 6.25. The Labute approximate surface area is 169 Å². The fourth-order valence-electron chi connectivity index (χ4n) is 2.89. The van der Waals surface area contributed by atoms with Gasteiger partial charge in [0.15, 0.2) is 18.1 Å². The highest BCUT2D eigenvalue weighted by molar-refractivity contribution is 6.39. The number of amides is 4. The van der Waals surface area contributed by atoms with Crippen molar-refractivity contribution in [1.29, 1.82) is 0 Å². The molecule has 2 aromatic carbocycles. The Bertz CT molecular complexity index is 1090. The van der Waals surface area contributed by atoms with E-state index >= 15 is 0 Å². The van der Waals surface area contributed by atoms with Crippen LogP contribution in [-0.4, -0.2) is 42.3 Å². The molecule has 4 amide bonds. The van der Waals surface area contributed by atoms with Crippen LogP contribution in [0.25, 0.3) is 6.08 Å². The number of hydrogen-bond acceptors (Lipinski definition) is 7. The van der Waals surface area contributed by atoms with Crippen LogP contribution in [0, 0.1) is 0 Å². The molecule has 2 aliphatic heterocycles. The Morgan fingerprint density at radius 1 is 1.10 bits per heavy atom. The number of urea groups is 1. The van der Waals surface area contributed by atoms with Crippen LogP contribution in [0.1, 0.15) is 5.56 Å². The molecule has 2 N–H and O–H groups in total. The van der Waals surface area contributed by atoms with Crippen LogP contribution >= 0.6 is 0 Å². The first kappa shape index (κ1) is 19.0. The number of nitrogens with zero attached hydrogens (tertiary/aromatic N) is 1. The molecule has 2 heterocycles. The second-order valence-corrected chi connectivity index (χ2v) is 6.25. The van der Waals surface area contributed by atoms with Crippen LogP contribution in [0.5, 0.6) is 17.2 Å². The van der Waals surface area contributed by atoms with Crippen molar-refractivity contribution >= 4 is 35.6 Å². The summed E-state index contributed by atoms with van der Waals surface area (Å²) in [4.78, 5) is 48.8. The van der Waals surface area contributed by atoms with E-state index in [1.807, 2.05) is 0 Å². The Hall–Kier alpha value is -4.34. The number of carbonyl (C=O) groups excluding carboxylic acids is 3. The molecule has 10 nitrogen and oxygen atoms in total. The number of carbonyl (C=O) groups is 4. The van der Waals surface area contributed by atoms with E-state index in [4.69, 9.17) is 19.3 Å². The zero-order valence-corrected chi connectivity index (χ0v) is 15.3. The van der Waals surface area contributed by atoms with Gasteiger partial charge >= 0.3 is 12.0 Å². The van der Waals surface area contributed by atoms with E-state index in [-0.39, 0.29) is 18.1 Å². The molecule has 0 radical (unpaired) electrons. The summed E-state index contributed by atoms with van der Waals surface area (Å²) < 4.78 is 15.5. The van der Waals surface area contributed by atoms with Gasteiger partial charge in [0, 0.05) is 6.07 Å². The normalized spacial score (nSPS) is 16.6. The Morgan fingerprint density at radius 2 is 1.83 bits per heavy atom. The molecular weight excluding hydrogens is 396 g/mol. The van der Waals surface area contributed by atoms with Crippen molar-refractivity contribution < 1.29 is 38.5 Å². The van der Waals surface area contributed by atoms with Crippen LogP contribution < -0.4 is 24.4 Å². The van der Waals surface area contributed by atoms with Crippen molar-refractivity contribution in [3.8, 4) is 17.2 Å². The maximum Gasteiger partial charge on any atom is 0.341 e. The molecule has 0 unspecified atom stereocenters. The molecule has 2 aromatic rings. The van der Waals surface area contributed by atoms with E-state index in [0.717, 1.165) is 4.90 Å². The van der Waals surface area contributed by atoms with E-state index in [0.29, 0.717) is 22.8 Å². The molecular formula is C20H14N2O8. The van der Waals surface area contributed by atoms with Gasteiger partial charge in [-0.3, -0.25) is 14.9 Å². The predicted molar refractivity (Wildman–Crippen MR) is 101 cm³/mol. The van der Waals surface area contributed by atoms with Crippen LogP contribution in [0.3, 0.4) is 0 Å². The van der Waals surface area contributed by atoms with Crippen molar-refractivity contribution in [3.63, 3.8) is 0 Å². The Kier molecular flexibility index (Phi) is 4.80. The van der Waals surface area contributed by atoms with Crippen molar-refractivity contribution in [2.24, 2.45) is 0 Å². The summed E-state index contributed by atoms with van der Waals surface area (Å²) in [5.41, 5.74) is 0.459. The smallest absolute Gasteiger partial charge is 0.341 e. The van der Waals surface area contributed by atoms with E-state index in [2.05, 4.69) is 5.32 Å². The topological polar surface area (TPSA) is 131 Å². The number of imide groups is 2. The number of barbiturate groups is 1. The first-order valence-electron chi connectivity index (χ1n) is 8.68. The summed E-state index contributed by atoms with van der Waals surface area (Å²) in [5, 5.41) is 10.8. The molecule has 4 rings (SSSR count). The fourth-order valence-corrected chi connectivity index (χ4v) is 2.89. The molecule has 0 bridgehead atoms. The number of ether oxygens (including phenoxy) is 3. The molecule has 1 saturated heterocycles. The molecule has 0 atom stereocenters. The number of benzene rings is 2. The number of fused-ring (bicyclic) bond motifs is 1. The maximum absolute atomic E-state index is 12.9. The standard InChI is InChI=1S/C20H14N2O8/c23-17(24)9-28-13-4-1-11(2-5-13)7-14-18(25)21-20(27)22(19(14)26)12-3-6-15-16(8-12)30-10-29-15/h1-8H,9-10H2,(H,23,24)(H,21,25,27)/b14-7-. The lowest BCUT2D eigenvalue weighted by molar-refractivity contribution is -0.139. The fraction of sp³-hybridized carbons (Fsp3) is 0.100. The molecule has 0 spiro atoms. The SMILES string of the molecule is O=C(O)COc1ccc(/C=C2/C(=O)NC(=O)N(c3ccc4c(c3)OCO4)C2=O)cc1. The Morgan fingerprint density at radius 3 is 2.57 bits per heavy atom. The number of nitrogens with one attached hydrogen (secondary N) is 1. The van der Waals surface area contributed by atoms with Gasteiger partial charge in [-0.2, -0.15) is 0 Å². The molecule has 10 heteroatoms. The highest BCUT2D eigenvalue weighted by atomic mass is 16.7. The molecule has 2 aliphatic rings. The minimum absolute atomic E-state index is 0.0365. The monoisotopic (exact) mass is 410 g/mol. The van der Waals surface area contributed by atoms with E-state index < -0.39 is 30.4 Å². The van der Waals surface area contributed by atoms with E-state index in [1.165, 1.54) is 30.3 Å². The van der Waals surface area contributed by atoms with E-state index in [1.54, 1.807) is 18.2 Å². The number of aliphatic carboxylic acids is 1. The zero-order valence-electron chi connectivity index (χ0n) is 15.3. The minimum Gasteiger partial charge on any atom is -0.482 e. The van der Waals surface area contributed by atoms with Gasteiger partial charge in [0.2, 0.25) is 6.79 Å². The van der Waals surface area contributed by atoms with Crippen LogP contribution in [0.4, 0.5) is 10.5 Å². The lowest BCUT2D eigenvalue weighted by atomic mass is 10.1. The number of rotatable bonds is 5.